The van der Waals surface area contributed by atoms with Crippen molar-refractivity contribution in [2.24, 2.45) is 0 Å². The van der Waals surface area contributed by atoms with Crippen LogP contribution in [0, 0.1) is 0 Å². The van der Waals surface area contributed by atoms with Crippen LogP contribution in [0.2, 0.25) is 0 Å². The van der Waals surface area contributed by atoms with Crippen molar-refractivity contribution in [1.82, 2.24) is 9.55 Å². The van der Waals surface area contributed by atoms with E-state index in [0.717, 1.165) is 12.5 Å². The van der Waals surface area contributed by atoms with Crippen molar-refractivity contribution >= 4 is 27.4 Å². The molecule has 160 valence electrons. The minimum Gasteiger partial charge on any atom is -0.387 e. The lowest BCUT2D eigenvalue weighted by molar-refractivity contribution is -0.0569. The van der Waals surface area contributed by atoms with Crippen molar-refractivity contribution < 1.29 is 47.6 Å². The van der Waals surface area contributed by atoms with Gasteiger partial charge in [-0.3, -0.25) is 13.9 Å². The van der Waals surface area contributed by atoms with Gasteiger partial charge in [0.15, 0.2) is 11.4 Å². The van der Waals surface area contributed by atoms with Crippen LogP contribution in [0.4, 0.5) is 0 Å². The number of thioether (sulfide) groups is 1. The van der Waals surface area contributed by atoms with Crippen LogP contribution in [0.1, 0.15) is 19.6 Å². The van der Waals surface area contributed by atoms with Crippen LogP contribution in [-0.4, -0.2) is 65.1 Å². The fourth-order valence-electron chi connectivity index (χ4n) is 2.31. The van der Waals surface area contributed by atoms with E-state index in [1.807, 2.05) is 6.92 Å². The molecule has 2 heterocycles. The van der Waals surface area contributed by atoms with E-state index in [9.17, 15) is 29.0 Å². The van der Waals surface area contributed by atoms with Crippen molar-refractivity contribution in [2.75, 3.05) is 12.4 Å². The lowest BCUT2D eigenvalue weighted by Crippen LogP contribution is -2.34. The summed E-state index contributed by atoms with van der Waals surface area (Å²) in [6, 6.07) is 1.14. The zero-order chi connectivity index (χ0) is 21.1. The third-order valence-corrected chi connectivity index (χ3v) is 6.79. The fraction of sp³-hybridized carbons (Fsp3) is 0.667. The zero-order valence-corrected chi connectivity index (χ0v) is 17.1. The first kappa shape index (κ1) is 23.6. The number of hydrogen-bond acceptors (Lipinski definition) is 10. The SMILES string of the molecule is CCCSc1nc(=O)ccn1[C@@H]1O[C@H](COP(=O)(O)OP(=O)(O)O)[C@@H](O)[C@H]1O. The van der Waals surface area contributed by atoms with Crippen LogP contribution < -0.4 is 5.56 Å². The molecule has 1 aliphatic heterocycles. The maximum atomic E-state index is 11.5. The normalized spacial score (nSPS) is 27.6. The van der Waals surface area contributed by atoms with Gasteiger partial charge in [0.1, 0.15) is 18.3 Å². The molecule has 0 bridgehead atoms. The number of phosphoric acid groups is 2. The van der Waals surface area contributed by atoms with Crippen molar-refractivity contribution in [3.8, 4) is 0 Å². The number of aliphatic hydroxyl groups excluding tert-OH is 2. The second-order valence-corrected chi connectivity index (χ2v) is 9.58. The predicted octanol–water partition coefficient (Wildman–Crippen LogP) is -0.409. The molecule has 1 aliphatic rings. The van der Waals surface area contributed by atoms with E-state index < -0.39 is 52.4 Å². The first-order valence-electron chi connectivity index (χ1n) is 7.91. The summed E-state index contributed by atoms with van der Waals surface area (Å²) in [6.07, 6.45) is -3.47. The molecule has 0 spiro atoms. The smallest absolute Gasteiger partial charge is 0.387 e. The van der Waals surface area contributed by atoms with Gasteiger partial charge in [0.2, 0.25) is 0 Å². The number of aromatic nitrogens is 2. The van der Waals surface area contributed by atoms with Crippen molar-refractivity contribution in [3.63, 3.8) is 0 Å². The van der Waals surface area contributed by atoms with E-state index in [1.54, 1.807) is 0 Å². The summed E-state index contributed by atoms with van der Waals surface area (Å²) in [5.41, 5.74) is -0.501. The Labute approximate surface area is 163 Å². The Balaban J connectivity index is 2.13. The highest BCUT2D eigenvalue weighted by Gasteiger charge is 2.45. The lowest BCUT2D eigenvalue weighted by Gasteiger charge is -2.21. The fourth-order valence-corrected chi connectivity index (χ4v) is 4.77. The molecule has 0 saturated carbocycles. The predicted molar refractivity (Wildman–Crippen MR) is 94.3 cm³/mol. The van der Waals surface area contributed by atoms with E-state index >= 15 is 0 Å². The van der Waals surface area contributed by atoms with E-state index in [1.165, 1.54) is 22.5 Å². The van der Waals surface area contributed by atoms with Gasteiger partial charge in [0.25, 0.3) is 5.56 Å². The molecule has 2 rings (SSSR count). The molecular formula is C12H20N2O11P2S. The molecule has 1 unspecified atom stereocenters. The Hall–Kier alpha value is -0.630. The van der Waals surface area contributed by atoms with Gasteiger partial charge in [0, 0.05) is 18.0 Å². The number of phosphoric ester groups is 1. The number of nitrogens with zero attached hydrogens (tertiary/aromatic N) is 2. The Morgan fingerprint density at radius 1 is 1.29 bits per heavy atom. The van der Waals surface area contributed by atoms with Crippen molar-refractivity contribution in [1.29, 1.82) is 0 Å². The average molecular weight is 462 g/mol. The molecule has 13 nitrogen and oxygen atoms in total. The van der Waals surface area contributed by atoms with E-state index in [-0.39, 0.29) is 5.16 Å². The van der Waals surface area contributed by atoms with Crippen LogP contribution in [0.3, 0.4) is 0 Å². The standard InChI is InChI=1S/C12H20N2O11P2S/c1-2-5-28-12-13-8(15)3-4-14(12)11-10(17)9(16)7(24-11)6-23-27(21,22)25-26(18,19)20/h3-4,7,9-11,16-17H,2,5-6H2,1H3,(H,21,22)(H2,18,19,20)/t7-,9-,10-,11-/m1/s1. The molecule has 5 atom stereocenters. The topological polar surface area (TPSA) is 198 Å². The summed E-state index contributed by atoms with van der Waals surface area (Å²) in [6.45, 7) is 1.11. The molecule has 16 heteroatoms. The molecule has 0 amide bonds. The molecule has 1 saturated heterocycles. The van der Waals surface area contributed by atoms with E-state index in [2.05, 4.69) is 13.8 Å². The Kier molecular flexibility index (Phi) is 7.98. The second kappa shape index (κ2) is 9.45. The lowest BCUT2D eigenvalue weighted by atomic mass is 10.1. The first-order valence-corrected chi connectivity index (χ1v) is 11.9. The number of aliphatic hydroxyl groups is 2. The maximum absolute atomic E-state index is 11.5. The largest absolute Gasteiger partial charge is 0.481 e. The van der Waals surface area contributed by atoms with E-state index in [4.69, 9.17) is 14.5 Å². The monoisotopic (exact) mass is 462 g/mol. The minimum absolute atomic E-state index is 0.241. The molecule has 1 aromatic rings. The van der Waals surface area contributed by atoms with Crippen molar-refractivity contribution in [2.45, 2.75) is 43.0 Å². The van der Waals surface area contributed by atoms with Crippen molar-refractivity contribution in [3.05, 3.63) is 22.6 Å². The van der Waals surface area contributed by atoms with Gasteiger partial charge in [-0.25, -0.2) is 9.13 Å². The molecule has 28 heavy (non-hydrogen) atoms. The van der Waals surface area contributed by atoms with Gasteiger partial charge in [0.05, 0.1) is 6.61 Å². The molecule has 1 fully saturated rings. The highest BCUT2D eigenvalue weighted by Crippen LogP contribution is 2.57. The Bertz CT molecular complexity index is 830. The van der Waals surface area contributed by atoms with Gasteiger partial charge in [-0.05, 0) is 6.42 Å². The first-order chi connectivity index (χ1) is 12.9. The highest BCUT2D eigenvalue weighted by atomic mass is 32.2. The third kappa shape index (κ3) is 6.44. The van der Waals surface area contributed by atoms with Crippen LogP contribution in [0.5, 0.6) is 0 Å². The average Bonchev–Trinajstić information content (AvgIpc) is 2.84. The molecule has 1 aromatic heterocycles. The van der Waals surface area contributed by atoms with Gasteiger partial charge in [-0.15, -0.1) is 0 Å². The molecule has 5 N–H and O–H groups in total. The molecule has 0 radical (unpaired) electrons. The summed E-state index contributed by atoms with van der Waals surface area (Å²) >= 11 is 1.23. The maximum Gasteiger partial charge on any atom is 0.481 e. The van der Waals surface area contributed by atoms with Crippen LogP contribution in [0.15, 0.2) is 22.2 Å². The van der Waals surface area contributed by atoms with E-state index in [0.29, 0.717) is 5.75 Å². The number of hydrogen-bond donors (Lipinski definition) is 5. The number of rotatable bonds is 9. The summed E-state index contributed by atoms with van der Waals surface area (Å²) < 4.78 is 37.0. The second-order valence-electron chi connectivity index (χ2n) is 5.69. The highest BCUT2D eigenvalue weighted by molar-refractivity contribution is 7.99. The van der Waals surface area contributed by atoms with Crippen LogP contribution >= 0.6 is 27.4 Å². The molecule has 0 aromatic carbocycles. The minimum atomic E-state index is -5.29. The van der Waals surface area contributed by atoms with Gasteiger partial charge in [-0.1, -0.05) is 18.7 Å². The molecular weight excluding hydrogens is 442 g/mol. The third-order valence-electron chi connectivity index (χ3n) is 3.46. The van der Waals surface area contributed by atoms with Gasteiger partial charge < -0.3 is 29.6 Å². The summed E-state index contributed by atoms with van der Waals surface area (Å²) in [4.78, 5) is 41.8. The van der Waals surface area contributed by atoms with Crippen LogP contribution in [-0.2, 0) is 22.7 Å². The van der Waals surface area contributed by atoms with Gasteiger partial charge in [-0.2, -0.15) is 9.29 Å². The quantitative estimate of drug-likeness (QED) is 0.180. The Morgan fingerprint density at radius 3 is 2.57 bits per heavy atom. The van der Waals surface area contributed by atoms with Gasteiger partial charge >= 0.3 is 15.6 Å². The van der Waals surface area contributed by atoms with Crippen LogP contribution in [0.25, 0.3) is 0 Å². The summed E-state index contributed by atoms with van der Waals surface area (Å²) in [5.74, 6) is 0.627. The zero-order valence-electron chi connectivity index (χ0n) is 14.5. The summed E-state index contributed by atoms with van der Waals surface area (Å²) in [7, 11) is -10.4. The molecule has 0 aliphatic carbocycles. The number of ether oxygens (including phenoxy) is 1. The Morgan fingerprint density at radius 2 is 1.96 bits per heavy atom. The summed E-state index contributed by atoms with van der Waals surface area (Å²) in [5, 5.41) is 20.6.